The van der Waals surface area contributed by atoms with Gasteiger partial charge in [0, 0.05) is 12.1 Å². The Morgan fingerprint density at radius 1 is 1.36 bits per heavy atom. The summed E-state index contributed by atoms with van der Waals surface area (Å²) >= 11 is 1.16. The maximum atomic E-state index is 12.4. The third-order valence-electron chi connectivity index (χ3n) is 3.36. The van der Waals surface area contributed by atoms with E-state index in [0.29, 0.717) is 11.4 Å². The van der Waals surface area contributed by atoms with E-state index in [4.69, 9.17) is 4.42 Å². The molecule has 1 fully saturated rings. The van der Waals surface area contributed by atoms with E-state index >= 15 is 0 Å². The van der Waals surface area contributed by atoms with Gasteiger partial charge in [-0.1, -0.05) is 29.5 Å². The number of furan rings is 1. The van der Waals surface area contributed by atoms with Crippen molar-refractivity contribution >= 4 is 40.6 Å². The Morgan fingerprint density at radius 2 is 2.16 bits per heavy atom. The van der Waals surface area contributed by atoms with Crippen molar-refractivity contribution in [2.45, 2.75) is 18.6 Å². The molecular formula is C17H16N4O3S. The molecule has 128 valence electrons. The van der Waals surface area contributed by atoms with Gasteiger partial charge in [0.25, 0.3) is 0 Å². The first-order chi connectivity index (χ1) is 12.1. The Hall–Kier alpha value is -2.87. The van der Waals surface area contributed by atoms with Crippen LogP contribution in [0.2, 0.25) is 0 Å². The quantitative estimate of drug-likeness (QED) is 0.650. The second-order valence-corrected chi connectivity index (χ2v) is 6.57. The molecule has 0 bridgehead atoms. The van der Waals surface area contributed by atoms with Crippen molar-refractivity contribution in [2.24, 2.45) is 10.2 Å². The lowest BCUT2D eigenvalue weighted by Gasteiger charge is -2.21. The van der Waals surface area contributed by atoms with Crippen molar-refractivity contribution in [3.05, 3.63) is 54.0 Å². The first kappa shape index (κ1) is 17.0. The number of aryl methyl sites for hydroxylation is 1. The smallest absolute Gasteiger partial charge is 0.238 e. The fourth-order valence-corrected chi connectivity index (χ4v) is 3.04. The van der Waals surface area contributed by atoms with Crippen LogP contribution in [-0.4, -0.2) is 28.4 Å². The lowest BCUT2D eigenvalue weighted by molar-refractivity contribution is -0.123. The van der Waals surface area contributed by atoms with Gasteiger partial charge in [0.05, 0.1) is 12.5 Å². The van der Waals surface area contributed by atoms with E-state index in [1.807, 2.05) is 31.2 Å². The number of nitrogens with one attached hydrogen (secondary N) is 2. The highest BCUT2D eigenvalue weighted by Crippen LogP contribution is 2.22. The second-order valence-electron chi connectivity index (χ2n) is 5.38. The molecule has 2 N–H and O–H groups in total. The van der Waals surface area contributed by atoms with Crippen LogP contribution in [0.3, 0.4) is 0 Å². The molecule has 25 heavy (non-hydrogen) atoms. The molecule has 3 rings (SSSR count). The van der Waals surface area contributed by atoms with Crippen molar-refractivity contribution in [3.8, 4) is 0 Å². The summed E-state index contributed by atoms with van der Waals surface area (Å²) in [7, 11) is 0. The standard InChI is InChI=1S/C17H16N4O3S/c1-11-4-6-12(7-5-11)19-16(23)14-9-15(22)20-17(25-14)21-18-10-13-3-2-8-24-13/h2-8,10,14H,9H2,1H3,(H,19,23)(H,20,21,22)/b18-10-/t14-/m0/s1. The summed E-state index contributed by atoms with van der Waals surface area (Å²) in [5, 5.41) is 12.9. The molecule has 0 saturated carbocycles. The zero-order valence-corrected chi connectivity index (χ0v) is 14.2. The van der Waals surface area contributed by atoms with E-state index in [0.717, 1.165) is 17.3 Å². The summed E-state index contributed by atoms with van der Waals surface area (Å²) < 4.78 is 5.10. The number of amidine groups is 1. The van der Waals surface area contributed by atoms with E-state index in [9.17, 15) is 9.59 Å². The van der Waals surface area contributed by atoms with E-state index in [-0.39, 0.29) is 23.4 Å². The third-order valence-corrected chi connectivity index (χ3v) is 4.43. The molecule has 2 amide bonds. The lowest BCUT2D eigenvalue weighted by atomic mass is 10.2. The summed E-state index contributed by atoms with van der Waals surface area (Å²) in [6.45, 7) is 1.97. The number of anilines is 1. The lowest BCUT2D eigenvalue weighted by Crippen LogP contribution is -2.41. The van der Waals surface area contributed by atoms with E-state index in [2.05, 4.69) is 20.8 Å². The van der Waals surface area contributed by atoms with Crippen LogP contribution >= 0.6 is 11.8 Å². The Bertz CT molecular complexity index is 813. The van der Waals surface area contributed by atoms with Crippen LogP contribution in [0.15, 0.2) is 57.3 Å². The number of nitrogens with zero attached hydrogens (tertiary/aromatic N) is 2. The van der Waals surface area contributed by atoms with Gasteiger partial charge in [-0.15, -0.1) is 5.10 Å². The van der Waals surface area contributed by atoms with E-state index in [1.54, 1.807) is 12.1 Å². The zero-order valence-electron chi connectivity index (χ0n) is 13.4. The van der Waals surface area contributed by atoms with E-state index in [1.165, 1.54) is 12.5 Å². The molecule has 1 saturated heterocycles. The number of benzene rings is 1. The first-order valence-corrected chi connectivity index (χ1v) is 8.47. The largest absolute Gasteiger partial charge is 0.463 e. The van der Waals surface area contributed by atoms with Crippen molar-refractivity contribution in [2.75, 3.05) is 5.32 Å². The molecule has 0 radical (unpaired) electrons. The minimum atomic E-state index is -0.562. The maximum absolute atomic E-state index is 12.4. The van der Waals surface area contributed by atoms with Gasteiger partial charge in [-0.05, 0) is 31.2 Å². The predicted molar refractivity (Wildman–Crippen MR) is 97.7 cm³/mol. The van der Waals surface area contributed by atoms with Crippen LogP contribution in [0.1, 0.15) is 17.7 Å². The fraction of sp³-hybridized carbons (Fsp3) is 0.176. The summed E-state index contributed by atoms with van der Waals surface area (Å²) in [4.78, 5) is 24.2. The fourth-order valence-electron chi connectivity index (χ4n) is 2.10. The van der Waals surface area contributed by atoms with Crippen molar-refractivity contribution in [1.82, 2.24) is 5.32 Å². The second kappa shape index (κ2) is 7.80. The minimum Gasteiger partial charge on any atom is -0.463 e. The number of amides is 2. The van der Waals surface area contributed by atoms with Crippen LogP contribution in [0.4, 0.5) is 5.69 Å². The highest BCUT2D eigenvalue weighted by atomic mass is 32.2. The van der Waals surface area contributed by atoms with Gasteiger partial charge in [-0.25, -0.2) is 0 Å². The van der Waals surface area contributed by atoms with E-state index < -0.39 is 5.25 Å². The maximum Gasteiger partial charge on any atom is 0.238 e. The molecule has 1 aliphatic heterocycles. The topological polar surface area (TPSA) is 96.1 Å². The Labute approximate surface area is 148 Å². The average Bonchev–Trinajstić information content (AvgIpc) is 3.10. The third kappa shape index (κ3) is 4.80. The molecule has 2 heterocycles. The molecule has 0 spiro atoms. The molecule has 1 aromatic heterocycles. The van der Waals surface area contributed by atoms with Crippen LogP contribution in [0, 0.1) is 6.92 Å². The highest BCUT2D eigenvalue weighted by Gasteiger charge is 2.30. The van der Waals surface area contributed by atoms with Crippen LogP contribution < -0.4 is 10.6 Å². The van der Waals surface area contributed by atoms with Gasteiger partial charge in [0.1, 0.15) is 11.0 Å². The van der Waals surface area contributed by atoms with Crippen molar-refractivity contribution in [1.29, 1.82) is 0 Å². The highest BCUT2D eigenvalue weighted by molar-refractivity contribution is 8.15. The monoisotopic (exact) mass is 356 g/mol. The summed E-state index contributed by atoms with van der Waals surface area (Å²) in [6.07, 6.45) is 3.04. The number of carbonyl (C=O) groups is 2. The first-order valence-electron chi connectivity index (χ1n) is 7.59. The summed E-state index contributed by atoms with van der Waals surface area (Å²) in [5.41, 5.74) is 1.80. The van der Waals surface area contributed by atoms with Crippen molar-refractivity contribution in [3.63, 3.8) is 0 Å². The molecule has 8 heteroatoms. The predicted octanol–water partition coefficient (Wildman–Crippen LogP) is 2.54. The molecule has 1 aliphatic rings. The summed E-state index contributed by atoms with van der Waals surface area (Å²) in [6, 6.07) is 10.9. The van der Waals surface area contributed by atoms with Gasteiger partial charge >= 0.3 is 0 Å². The number of hydrogen-bond donors (Lipinski definition) is 2. The number of hydrogen-bond acceptors (Lipinski definition) is 6. The van der Waals surface area contributed by atoms with Crippen molar-refractivity contribution < 1.29 is 14.0 Å². The zero-order chi connectivity index (χ0) is 17.6. The van der Waals surface area contributed by atoms with Crippen LogP contribution in [0.5, 0.6) is 0 Å². The molecule has 1 atom stereocenters. The minimum absolute atomic E-state index is 0.0866. The molecule has 2 aromatic rings. The molecule has 1 aromatic carbocycles. The van der Waals surface area contributed by atoms with Crippen LogP contribution in [-0.2, 0) is 9.59 Å². The Balaban J connectivity index is 1.64. The average molecular weight is 356 g/mol. The number of rotatable bonds is 4. The molecule has 0 aliphatic carbocycles. The van der Waals surface area contributed by atoms with Crippen LogP contribution in [0.25, 0.3) is 0 Å². The Kier molecular flexibility index (Phi) is 5.30. The summed E-state index contributed by atoms with van der Waals surface area (Å²) in [5.74, 6) is 0.0336. The molecule has 0 unspecified atom stereocenters. The van der Waals surface area contributed by atoms with Gasteiger partial charge in [0.2, 0.25) is 11.8 Å². The Morgan fingerprint density at radius 3 is 2.88 bits per heavy atom. The number of thioether (sulfide) groups is 1. The molecular weight excluding hydrogens is 340 g/mol. The number of carbonyl (C=O) groups excluding carboxylic acids is 2. The van der Waals surface area contributed by atoms with Gasteiger partial charge in [0.15, 0.2) is 5.17 Å². The molecule has 7 nitrogen and oxygen atoms in total. The van der Waals surface area contributed by atoms with Gasteiger partial charge < -0.3 is 15.1 Å². The SMILES string of the molecule is Cc1ccc(NC(=O)[C@@H]2CC(=O)N/C(=N\N=C/c3ccco3)S2)cc1. The van der Waals surface area contributed by atoms with Gasteiger partial charge in [-0.2, -0.15) is 5.10 Å². The van der Waals surface area contributed by atoms with Gasteiger partial charge in [-0.3, -0.25) is 9.59 Å². The normalized spacial score (nSPS) is 19.2.